The van der Waals surface area contributed by atoms with Crippen LogP contribution < -0.4 is 4.90 Å². The van der Waals surface area contributed by atoms with E-state index in [9.17, 15) is 18.8 Å². The van der Waals surface area contributed by atoms with Crippen LogP contribution in [0.5, 0.6) is 0 Å². The van der Waals surface area contributed by atoms with Gasteiger partial charge in [0.1, 0.15) is 29.7 Å². The third kappa shape index (κ3) is 5.74. The smallest absolute Gasteiger partial charge is 0.257 e. The number of rotatable bonds is 6. The second-order valence-electron chi connectivity index (χ2n) is 10.9. The molecular weight excluding hydrogens is 561 g/mol. The van der Waals surface area contributed by atoms with Crippen LogP contribution in [0, 0.1) is 34.9 Å². The number of nitrogens with zero attached hydrogens (tertiary/aromatic N) is 9. The molecule has 1 saturated heterocycles. The Balaban J connectivity index is 0.00000188. The largest absolute Gasteiger partial charge is 0.352 e. The van der Waals surface area contributed by atoms with E-state index in [0.717, 1.165) is 23.7 Å². The molecule has 1 aromatic carbocycles. The van der Waals surface area contributed by atoms with Crippen LogP contribution in [0.2, 0.25) is 0 Å². The van der Waals surface area contributed by atoms with Gasteiger partial charge in [-0.3, -0.25) is 14.5 Å². The number of carbonyl (C=O) groups excluding carboxylic acids is 1. The third-order valence-corrected chi connectivity index (χ3v) is 7.73. The number of hydrogen-bond acceptors (Lipinski definition) is 8. The van der Waals surface area contributed by atoms with Gasteiger partial charge in [-0.2, -0.15) is 10.4 Å². The number of aromatic nitrogens is 5. The zero-order valence-corrected chi connectivity index (χ0v) is 23.8. The van der Waals surface area contributed by atoms with Gasteiger partial charge in [-0.1, -0.05) is 6.07 Å². The molecule has 10 nitrogen and oxygen atoms in total. The minimum absolute atomic E-state index is 0.0466. The molecule has 1 aliphatic heterocycles. The third-order valence-electron chi connectivity index (χ3n) is 7.73. The van der Waals surface area contributed by atoms with E-state index in [4.69, 9.17) is 28.8 Å². The summed E-state index contributed by atoms with van der Waals surface area (Å²) in [5.74, 6) is -0.610. The number of nitriles is 2. The molecular formula is C29H24B3F2N9O. The highest BCUT2D eigenvalue weighted by atomic mass is 19.1. The van der Waals surface area contributed by atoms with Gasteiger partial charge in [-0.25, -0.2) is 24.0 Å². The van der Waals surface area contributed by atoms with Crippen molar-refractivity contribution in [1.29, 1.82) is 10.5 Å². The standard InChI is InChI=1S/C28H23B3F2N8O.CHN/c1-15-13-39(6-7-40(15)27(42)24(33)16-2-3-16)26-23-20(17-8-18(32)12-35-11-17)4-5-21(25(23)36-14-37-26)22-9-19(10-34)41(38-22)28(29,30)31;1-2/h4-5,8-9,11-12,14-16,24H,2-3,6-7,13H2,1H3;1H. The van der Waals surface area contributed by atoms with Crippen molar-refractivity contribution in [3.05, 3.63) is 54.5 Å². The van der Waals surface area contributed by atoms with E-state index in [0.29, 0.717) is 58.7 Å². The Morgan fingerprint density at radius 2 is 1.86 bits per heavy atom. The number of amides is 1. The zero-order valence-electron chi connectivity index (χ0n) is 23.8. The number of benzene rings is 1. The van der Waals surface area contributed by atoms with Crippen LogP contribution in [0.15, 0.2) is 43.0 Å². The first-order valence-corrected chi connectivity index (χ1v) is 13.8. The number of alkyl halides is 1. The van der Waals surface area contributed by atoms with Crippen LogP contribution in [0.1, 0.15) is 25.5 Å². The molecule has 214 valence electrons. The number of halogens is 2. The molecule has 1 aliphatic carbocycles. The summed E-state index contributed by atoms with van der Waals surface area (Å²) >= 11 is 0. The van der Waals surface area contributed by atoms with Crippen molar-refractivity contribution in [1.82, 2.24) is 29.6 Å². The molecule has 6 rings (SSSR count). The van der Waals surface area contributed by atoms with Crippen molar-refractivity contribution in [2.45, 2.75) is 37.2 Å². The molecule has 44 heavy (non-hydrogen) atoms. The van der Waals surface area contributed by atoms with Gasteiger partial charge >= 0.3 is 0 Å². The Morgan fingerprint density at radius 1 is 1.14 bits per heavy atom. The number of carbonyl (C=O) groups is 1. The lowest BCUT2D eigenvalue weighted by molar-refractivity contribution is -0.139. The van der Waals surface area contributed by atoms with E-state index in [2.05, 4.69) is 26.6 Å². The maximum Gasteiger partial charge on any atom is 0.257 e. The lowest BCUT2D eigenvalue weighted by Crippen LogP contribution is -2.56. The highest BCUT2D eigenvalue weighted by Crippen LogP contribution is 2.40. The minimum Gasteiger partial charge on any atom is -0.352 e. The van der Waals surface area contributed by atoms with E-state index in [-0.39, 0.29) is 17.7 Å². The first kappa shape index (κ1) is 30.7. The van der Waals surface area contributed by atoms with Crippen LogP contribution in [0.3, 0.4) is 0 Å². The lowest BCUT2D eigenvalue weighted by Gasteiger charge is -2.41. The minimum atomic E-state index is -1.92. The highest BCUT2D eigenvalue weighted by molar-refractivity contribution is 6.56. The molecule has 6 radical (unpaired) electrons. The maximum absolute atomic E-state index is 14.7. The van der Waals surface area contributed by atoms with Crippen LogP contribution in [0.25, 0.3) is 33.3 Å². The molecule has 0 bridgehead atoms. The summed E-state index contributed by atoms with van der Waals surface area (Å²) in [6.45, 7) is 6.48. The van der Waals surface area contributed by atoms with Crippen molar-refractivity contribution in [2.75, 3.05) is 24.5 Å². The fourth-order valence-corrected chi connectivity index (χ4v) is 5.52. The van der Waals surface area contributed by atoms with Gasteiger partial charge in [0.15, 0.2) is 6.17 Å². The van der Waals surface area contributed by atoms with Crippen LogP contribution in [-0.4, -0.2) is 90.9 Å². The zero-order chi connectivity index (χ0) is 31.8. The van der Waals surface area contributed by atoms with Crippen LogP contribution in [-0.2, 0) is 10.0 Å². The molecule has 2 fully saturated rings. The van der Waals surface area contributed by atoms with Gasteiger partial charge in [-0.15, -0.1) is 0 Å². The molecule has 2 unspecified atom stereocenters. The average Bonchev–Trinajstić information content (AvgIpc) is 3.77. The predicted molar refractivity (Wildman–Crippen MR) is 162 cm³/mol. The van der Waals surface area contributed by atoms with E-state index in [1.54, 1.807) is 23.2 Å². The van der Waals surface area contributed by atoms with Crippen molar-refractivity contribution < 1.29 is 13.6 Å². The Hall–Kier alpha value is -4.78. The summed E-state index contributed by atoms with van der Waals surface area (Å²) in [6, 6.07) is 8.10. The predicted octanol–water partition coefficient (Wildman–Crippen LogP) is 2.56. The molecule has 4 heterocycles. The molecule has 1 amide bonds. The summed E-state index contributed by atoms with van der Waals surface area (Å²) in [5, 5.41) is 19.2. The quantitative estimate of drug-likeness (QED) is 0.316. The normalized spacial score (nSPS) is 17.4. The number of hydrogen-bond donors (Lipinski definition) is 0. The second-order valence-corrected chi connectivity index (χ2v) is 10.9. The Bertz CT molecular complexity index is 1780. The highest BCUT2D eigenvalue weighted by Gasteiger charge is 2.41. The molecule has 3 aromatic heterocycles. The van der Waals surface area contributed by atoms with Gasteiger partial charge in [0.05, 0.1) is 46.3 Å². The number of piperazine rings is 1. The molecule has 0 N–H and O–H groups in total. The van der Waals surface area contributed by atoms with Crippen molar-refractivity contribution in [2.24, 2.45) is 5.92 Å². The van der Waals surface area contributed by atoms with Crippen LogP contribution in [0.4, 0.5) is 14.6 Å². The van der Waals surface area contributed by atoms with E-state index in [1.807, 2.05) is 17.9 Å². The van der Waals surface area contributed by atoms with Crippen molar-refractivity contribution in [3.8, 4) is 35.0 Å². The molecule has 15 heteroatoms. The van der Waals surface area contributed by atoms with Gasteiger partial charge in [0.25, 0.3) is 5.91 Å². The second kappa shape index (κ2) is 12.1. The van der Waals surface area contributed by atoms with Gasteiger partial charge < -0.3 is 9.80 Å². The lowest BCUT2D eigenvalue weighted by atomic mass is 9.49. The monoisotopic (exact) mass is 585 g/mol. The van der Waals surface area contributed by atoms with Crippen molar-refractivity contribution >= 4 is 46.2 Å². The number of fused-ring (bicyclic) bond motifs is 1. The fourth-order valence-electron chi connectivity index (χ4n) is 5.52. The SMILES string of the molecule is C#N.[B]C([B])([B])n1nc(-c2ccc(-c3cncc(F)c3)c3c(N4CCN(C(=O)C(F)C5CC5)C(C)C4)ncnc23)cc1C#N. The van der Waals surface area contributed by atoms with Gasteiger partial charge in [0, 0.05) is 55.6 Å². The Morgan fingerprint density at radius 3 is 2.48 bits per heavy atom. The molecule has 0 spiro atoms. The molecule has 1 saturated carbocycles. The summed E-state index contributed by atoms with van der Waals surface area (Å²) in [7, 11) is 17.5. The van der Waals surface area contributed by atoms with E-state index < -0.39 is 23.1 Å². The number of pyridine rings is 1. The van der Waals surface area contributed by atoms with E-state index >= 15 is 0 Å². The molecule has 2 atom stereocenters. The summed E-state index contributed by atoms with van der Waals surface area (Å²) in [4.78, 5) is 29.7. The van der Waals surface area contributed by atoms with Crippen LogP contribution >= 0.6 is 0 Å². The topological polar surface area (TPSA) is 128 Å². The molecule has 2 aliphatic rings. The first-order valence-electron chi connectivity index (χ1n) is 13.8. The summed E-state index contributed by atoms with van der Waals surface area (Å²) in [5.41, 5.74) is 2.51. The first-order chi connectivity index (χ1) is 21.1. The summed E-state index contributed by atoms with van der Waals surface area (Å²) in [6.07, 6.45) is 4.07. The molecule has 4 aromatic rings. The van der Waals surface area contributed by atoms with Gasteiger partial charge in [0.2, 0.25) is 0 Å². The van der Waals surface area contributed by atoms with Crippen molar-refractivity contribution in [3.63, 3.8) is 0 Å². The average molecular weight is 585 g/mol. The Labute approximate surface area is 256 Å². The van der Waals surface area contributed by atoms with E-state index in [1.165, 1.54) is 18.5 Å². The maximum atomic E-state index is 14.7. The Kier molecular flexibility index (Phi) is 8.42. The van der Waals surface area contributed by atoms with Gasteiger partial charge in [-0.05, 0) is 48.6 Å². The summed E-state index contributed by atoms with van der Waals surface area (Å²) < 4.78 is 30.0. The number of anilines is 1. The fraction of sp³-hybridized carbons (Fsp3) is 0.345.